The highest BCUT2D eigenvalue weighted by Crippen LogP contribution is 2.30. The number of carbonyl (C=O) groups is 1. The molecule has 0 aliphatic carbocycles. The van der Waals surface area contributed by atoms with Crippen molar-refractivity contribution in [3.63, 3.8) is 0 Å². The van der Waals surface area contributed by atoms with Crippen LogP contribution in [-0.2, 0) is 15.0 Å². The molecule has 1 aliphatic rings. The third-order valence-electron chi connectivity index (χ3n) is 4.73. The number of rotatable bonds is 6. The second-order valence-electron chi connectivity index (χ2n) is 6.86. The predicted molar refractivity (Wildman–Crippen MR) is 108 cm³/mol. The summed E-state index contributed by atoms with van der Waals surface area (Å²) in [7, 11) is -0.411. The second-order valence-corrected chi connectivity index (χ2v) is 9.01. The van der Waals surface area contributed by atoms with E-state index in [1.807, 2.05) is 42.5 Å². The number of hydrogen-bond acceptors (Lipinski definition) is 4. The van der Waals surface area contributed by atoms with Crippen molar-refractivity contribution in [3.8, 4) is 11.5 Å². The minimum absolute atomic E-state index is 0.119. The van der Waals surface area contributed by atoms with Crippen molar-refractivity contribution in [2.45, 2.75) is 12.8 Å². The van der Waals surface area contributed by atoms with Gasteiger partial charge in [-0.15, -0.1) is 0 Å². The van der Waals surface area contributed by atoms with Crippen molar-refractivity contribution in [1.29, 1.82) is 0 Å². The molecule has 28 heavy (non-hydrogen) atoms. The smallest absolute Gasteiger partial charge is 0.281 e. The predicted octanol–water partition coefficient (Wildman–Crippen LogP) is 2.94. The maximum Gasteiger partial charge on any atom is 0.281 e. The molecule has 8 heteroatoms. The zero-order valence-electron chi connectivity index (χ0n) is 16.0. The van der Waals surface area contributed by atoms with Gasteiger partial charge >= 0.3 is 0 Å². The normalized spacial score (nSPS) is 16.1. The first kappa shape index (κ1) is 20.3. The SMILES string of the molecule is CN(C)S(=O)(=O)N1CCC(C(=O)Nc2ccccc2Oc2ccccc2)CC1. The van der Waals surface area contributed by atoms with Crippen LogP contribution in [0.15, 0.2) is 54.6 Å². The van der Waals surface area contributed by atoms with Crippen LogP contribution in [0.25, 0.3) is 0 Å². The van der Waals surface area contributed by atoms with Crippen LogP contribution in [0.4, 0.5) is 5.69 Å². The maximum absolute atomic E-state index is 12.7. The highest BCUT2D eigenvalue weighted by molar-refractivity contribution is 7.86. The Morgan fingerprint density at radius 2 is 1.64 bits per heavy atom. The van der Waals surface area contributed by atoms with Crippen LogP contribution < -0.4 is 10.1 Å². The molecule has 1 aliphatic heterocycles. The van der Waals surface area contributed by atoms with Gasteiger partial charge in [-0.25, -0.2) is 0 Å². The molecule has 0 bridgehead atoms. The lowest BCUT2D eigenvalue weighted by Gasteiger charge is -2.32. The summed E-state index contributed by atoms with van der Waals surface area (Å²) in [5.41, 5.74) is 0.597. The topological polar surface area (TPSA) is 79.0 Å². The minimum atomic E-state index is -3.43. The number of nitrogens with one attached hydrogen (secondary N) is 1. The molecular weight excluding hydrogens is 378 g/mol. The number of para-hydroxylation sites is 3. The van der Waals surface area contributed by atoms with Crippen LogP contribution in [0.3, 0.4) is 0 Å². The van der Waals surface area contributed by atoms with Crippen molar-refractivity contribution in [2.24, 2.45) is 5.92 Å². The standard InChI is InChI=1S/C20H25N3O4S/c1-22(2)28(25,26)23-14-12-16(13-15-23)20(24)21-18-10-6-7-11-19(18)27-17-8-4-3-5-9-17/h3-11,16H,12-15H2,1-2H3,(H,21,24). The van der Waals surface area contributed by atoms with Crippen LogP contribution in [0.1, 0.15) is 12.8 Å². The number of anilines is 1. The highest BCUT2D eigenvalue weighted by atomic mass is 32.2. The summed E-state index contributed by atoms with van der Waals surface area (Å²) in [5, 5.41) is 2.93. The van der Waals surface area contributed by atoms with E-state index >= 15 is 0 Å². The molecule has 1 N–H and O–H groups in total. The first-order valence-corrected chi connectivity index (χ1v) is 10.6. The summed E-state index contributed by atoms with van der Waals surface area (Å²) >= 11 is 0. The summed E-state index contributed by atoms with van der Waals surface area (Å²) in [5.74, 6) is 0.894. The molecule has 0 spiro atoms. The molecule has 0 atom stereocenters. The van der Waals surface area contributed by atoms with E-state index in [4.69, 9.17) is 4.74 Å². The Kier molecular flexibility index (Phi) is 6.33. The molecule has 2 aromatic carbocycles. The van der Waals surface area contributed by atoms with Crippen LogP contribution in [0.5, 0.6) is 11.5 Å². The van der Waals surface area contributed by atoms with Crippen molar-refractivity contribution in [3.05, 3.63) is 54.6 Å². The van der Waals surface area contributed by atoms with Gasteiger partial charge in [0.15, 0.2) is 5.75 Å². The van der Waals surface area contributed by atoms with E-state index in [0.29, 0.717) is 43.1 Å². The fourth-order valence-electron chi connectivity index (χ4n) is 3.09. The number of amides is 1. The number of benzene rings is 2. The third-order valence-corrected chi connectivity index (χ3v) is 6.67. The quantitative estimate of drug-likeness (QED) is 0.804. The summed E-state index contributed by atoms with van der Waals surface area (Å²) in [6, 6.07) is 16.6. The molecule has 0 radical (unpaired) electrons. The minimum Gasteiger partial charge on any atom is -0.455 e. The van der Waals surface area contributed by atoms with Gasteiger partial charge in [-0.2, -0.15) is 17.0 Å². The second kappa shape index (κ2) is 8.72. The van der Waals surface area contributed by atoms with Gasteiger partial charge in [-0.3, -0.25) is 4.79 Å². The van der Waals surface area contributed by atoms with E-state index in [2.05, 4.69) is 5.32 Å². The first-order valence-electron chi connectivity index (χ1n) is 9.18. The molecule has 0 unspecified atom stereocenters. The van der Waals surface area contributed by atoms with Gasteiger partial charge in [-0.1, -0.05) is 30.3 Å². The fraction of sp³-hybridized carbons (Fsp3) is 0.350. The zero-order chi connectivity index (χ0) is 20.1. The molecular formula is C20H25N3O4S. The molecule has 0 saturated carbocycles. The van der Waals surface area contributed by atoms with E-state index in [-0.39, 0.29) is 11.8 Å². The number of hydrogen-bond donors (Lipinski definition) is 1. The van der Waals surface area contributed by atoms with Gasteiger partial charge in [0.1, 0.15) is 5.75 Å². The maximum atomic E-state index is 12.7. The molecule has 1 saturated heterocycles. The Hall–Kier alpha value is -2.42. The van der Waals surface area contributed by atoms with Gasteiger partial charge < -0.3 is 10.1 Å². The van der Waals surface area contributed by atoms with Crippen molar-refractivity contribution in [2.75, 3.05) is 32.5 Å². The van der Waals surface area contributed by atoms with Gasteiger partial charge in [0, 0.05) is 33.1 Å². The Bertz CT molecular complexity index is 908. The largest absolute Gasteiger partial charge is 0.455 e. The lowest BCUT2D eigenvalue weighted by atomic mass is 9.97. The van der Waals surface area contributed by atoms with Crippen LogP contribution in [0, 0.1) is 5.92 Å². The van der Waals surface area contributed by atoms with Crippen molar-refractivity contribution in [1.82, 2.24) is 8.61 Å². The summed E-state index contributed by atoms with van der Waals surface area (Å²) < 4.78 is 32.9. The molecule has 3 rings (SSSR count). The molecule has 1 fully saturated rings. The average Bonchev–Trinajstić information content (AvgIpc) is 2.70. The fourth-order valence-corrected chi connectivity index (χ4v) is 4.22. The van der Waals surface area contributed by atoms with Gasteiger partial charge in [0.05, 0.1) is 5.69 Å². The van der Waals surface area contributed by atoms with E-state index in [9.17, 15) is 13.2 Å². The first-order chi connectivity index (χ1) is 13.4. The summed E-state index contributed by atoms with van der Waals surface area (Å²) in [6.45, 7) is 0.668. The lowest BCUT2D eigenvalue weighted by Crippen LogP contribution is -2.46. The Labute approximate surface area is 166 Å². The molecule has 0 aromatic heterocycles. The number of carbonyl (C=O) groups excluding carboxylic acids is 1. The van der Waals surface area contributed by atoms with Gasteiger partial charge in [0.25, 0.3) is 10.2 Å². The number of nitrogens with zero attached hydrogens (tertiary/aromatic N) is 2. The van der Waals surface area contributed by atoms with E-state index in [1.54, 1.807) is 12.1 Å². The van der Waals surface area contributed by atoms with Gasteiger partial charge in [0.2, 0.25) is 5.91 Å². The Balaban J connectivity index is 1.63. The molecule has 150 valence electrons. The monoisotopic (exact) mass is 403 g/mol. The van der Waals surface area contributed by atoms with Gasteiger partial charge in [-0.05, 0) is 37.1 Å². The van der Waals surface area contributed by atoms with Crippen molar-refractivity contribution < 1.29 is 17.9 Å². The van der Waals surface area contributed by atoms with E-state index in [1.165, 1.54) is 22.7 Å². The third kappa shape index (κ3) is 4.70. The molecule has 1 heterocycles. The van der Waals surface area contributed by atoms with E-state index in [0.717, 1.165) is 0 Å². The zero-order valence-corrected chi connectivity index (χ0v) is 16.9. The highest BCUT2D eigenvalue weighted by Gasteiger charge is 2.32. The number of ether oxygens (including phenoxy) is 1. The lowest BCUT2D eigenvalue weighted by molar-refractivity contribution is -0.120. The van der Waals surface area contributed by atoms with E-state index < -0.39 is 10.2 Å². The molecule has 1 amide bonds. The van der Waals surface area contributed by atoms with Crippen molar-refractivity contribution >= 4 is 21.8 Å². The van der Waals surface area contributed by atoms with Crippen LogP contribution in [0.2, 0.25) is 0 Å². The van der Waals surface area contributed by atoms with Crippen LogP contribution >= 0.6 is 0 Å². The summed E-state index contributed by atoms with van der Waals surface area (Å²) in [6.07, 6.45) is 0.973. The molecule has 7 nitrogen and oxygen atoms in total. The Morgan fingerprint density at radius 3 is 2.29 bits per heavy atom. The van der Waals surface area contributed by atoms with Crippen LogP contribution in [-0.4, -0.2) is 50.1 Å². The Morgan fingerprint density at radius 1 is 1.04 bits per heavy atom. The molecule has 2 aromatic rings. The number of piperidine rings is 1. The summed E-state index contributed by atoms with van der Waals surface area (Å²) in [4.78, 5) is 12.7. The average molecular weight is 404 g/mol.